The molecule has 1 N–H and O–H groups in total. The van der Waals surface area contributed by atoms with Crippen LogP contribution in [0.25, 0.3) is 0 Å². The van der Waals surface area contributed by atoms with Crippen LogP contribution in [0.2, 0.25) is 0 Å². The smallest absolute Gasteiger partial charge is 0.208 e. The van der Waals surface area contributed by atoms with E-state index in [0.29, 0.717) is 6.54 Å². The van der Waals surface area contributed by atoms with E-state index in [1.54, 1.807) is 0 Å². The number of rotatable bonds is 4. The largest absolute Gasteiger partial charge is 0.444 e. The zero-order valence-corrected chi connectivity index (χ0v) is 12.4. The number of hydrogen-bond donors (Lipinski definition) is 1. The molecular weight excluding hydrogens is 292 g/mol. The maximum absolute atomic E-state index is 5.55. The summed E-state index contributed by atoms with van der Waals surface area (Å²) in [6.45, 7) is 6.66. The van der Waals surface area contributed by atoms with Crippen LogP contribution < -0.4 is 5.32 Å². The molecule has 0 aliphatic rings. The van der Waals surface area contributed by atoms with E-state index in [2.05, 4.69) is 39.2 Å². The lowest BCUT2D eigenvalue weighted by Crippen LogP contribution is -2.18. The first kappa shape index (κ1) is 13.3. The van der Waals surface area contributed by atoms with Crippen LogP contribution in [0.4, 0.5) is 0 Å². The first-order chi connectivity index (χ1) is 8.58. The highest BCUT2D eigenvalue weighted by Gasteiger charge is 2.10. The summed E-state index contributed by atoms with van der Waals surface area (Å²) in [6, 6.07) is 8.45. The molecule has 96 valence electrons. The summed E-state index contributed by atoms with van der Waals surface area (Å²) in [4.78, 5) is 4.36. The van der Waals surface area contributed by atoms with E-state index in [9.17, 15) is 0 Å². The van der Waals surface area contributed by atoms with Gasteiger partial charge in [0.1, 0.15) is 5.76 Å². The third-order valence-corrected chi connectivity index (χ3v) is 3.73. The van der Waals surface area contributed by atoms with Gasteiger partial charge in [-0.05, 0) is 32.4 Å². The summed E-state index contributed by atoms with van der Waals surface area (Å²) >= 11 is 3.56. The monoisotopic (exact) mass is 308 g/mol. The Morgan fingerprint density at radius 2 is 2.06 bits per heavy atom. The molecular formula is C14H17BrN2O. The van der Waals surface area contributed by atoms with Gasteiger partial charge >= 0.3 is 0 Å². The normalized spacial score (nSPS) is 12.7. The van der Waals surface area contributed by atoms with Gasteiger partial charge in [0, 0.05) is 10.5 Å². The Morgan fingerprint density at radius 1 is 1.33 bits per heavy atom. The summed E-state index contributed by atoms with van der Waals surface area (Å²) in [5.41, 5.74) is 2.19. The molecule has 2 aromatic rings. The number of aromatic nitrogens is 1. The highest BCUT2D eigenvalue weighted by Crippen LogP contribution is 2.23. The number of oxazole rings is 1. The van der Waals surface area contributed by atoms with Crippen LogP contribution in [0.5, 0.6) is 0 Å². The Balaban J connectivity index is 2.00. The lowest BCUT2D eigenvalue weighted by molar-refractivity contribution is 0.431. The number of benzene rings is 1. The quantitative estimate of drug-likeness (QED) is 0.930. The molecule has 2 rings (SSSR count). The maximum Gasteiger partial charge on any atom is 0.208 e. The highest BCUT2D eigenvalue weighted by atomic mass is 79.9. The summed E-state index contributed by atoms with van der Waals surface area (Å²) in [7, 11) is 0. The van der Waals surface area contributed by atoms with Gasteiger partial charge in [-0.3, -0.25) is 0 Å². The molecule has 0 fully saturated rings. The molecule has 0 radical (unpaired) electrons. The minimum atomic E-state index is 0.244. The Kier molecular flexibility index (Phi) is 4.19. The van der Waals surface area contributed by atoms with Crippen LogP contribution in [0.3, 0.4) is 0 Å². The van der Waals surface area contributed by atoms with Crippen molar-refractivity contribution < 1.29 is 4.42 Å². The number of hydrogen-bond acceptors (Lipinski definition) is 3. The molecule has 0 spiro atoms. The van der Waals surface area contributed by atoms with Crippen molar-refractivity contribution in [1.29, 1.82) is 0 Å². The molecule has 0 unspecified atom stereocenters. The number of halogens is 1. The van der Waals surface area contributed by atoms with Crippen molar-refractivity contribution in [2.24, 2.45) is 0 Å². The Labute approximate surface area is 116 Å². The lowest BCUT2D eigenvalue weighted by atomic mass is 10.1. The lowest BCUT2D eigenvalue weighted by Gasteiger charge is -2.14. The van der Waals surface area contributed by atoms with Gasteiger partial charge in [0.25, 0.3) is 0 Å². The standard InChI is InChI=1S/C14H17BrN2O/c1-9-11(3)18-14(17-9)8-16-10(2)12-6-4-5-7-13(12)15/h4-7,10,16H,8H2,1-3H3/t10-/m0/s1. The average molecular weight is 309 g/mol. The fourth-order valence-corrected chi connectivity index (χ4v) is 2.42. The van der Waals surface area contributed by atoms with Gasteiger partial charge in [0.2, 0.25) is 5.89 Å². The summed E-state index contributed by atoms with van der Waals surface area (Å²) in [5.74, 6) is 1.63. The molecule has 0 saturated carbocycles. The van der Waals surface area contributed by atoms with Crippen LogP contribution in [-0.4, -0.2) is 4.98 Å². The molecule has 3 nitrogen and oxygen atoms in total. The second-order valence-corrected chi connectivity index (χ2v) is 5.23. The molecule has 1 aromatic carbocycles. The second kappa shape index (κ2) is 5.67. The molecule has 0 saturated heterocycles. The molecule has 0 aliphatic carbocycles. The van der Waals surface area contributed by atoms with Gasteiger partial charge < -0.3 is 9.73 Å². The Bertz CT molecular complexity index is 517. The minimum absolute atomic E-state index is 0.244. The summed E-state index contributed by atoms with van der Waals surface area (Å²) in [6.07, 6.45) is 0. The predicted octanol–water partition coefficient (Wildman–Crippen LogP) is 3.90. The van der Waals surface area contributed by atoms with Gasteiger partial charge in [0.15, 0.2) is 0 Å². The molecule has 0 aliphatic heterocycles. The van der Waals surface area contributed by atoms with Crippen molar-refractivity contribution in [2.45, 2.75) is 33.4 Å². The first-order valence-corrected chi connectivity index (χ1v) is 6.78. The minimum Gasteiger partial charge on any atom is -0.444 e. The zero-order chi connectivity index (χ0) is 13.1. The summed E-state index contributed by atoms with van der Waals surface area (Å²) in [5, 5.41) is 3.41. The fraction of sp³-hybridized carbons (Fsp3) is 0.357. The SMILES string of the molecule is Cc1nc(CN[C@@H](C)c2ccccc2Br)oc1C. The van der Waals surface area contributed by atoms with E-state index < -0.39 is 0 Å². The van der Waals surface area contributed by atoms with Crippen molar-refractivity contribution in [1.82, 2.24) is 10.3 Å². The van der Waals surface area contributed by atoms with Gasteiger partial charge in [-0.2, -0.15) is 0 Å². The number of nitrogens with zero attached hydrogens (tertiary/aromatic N) is 1. The van der Waals surface area contributed by atoms with Crippen LogP contribution in [-0.2, 0) is 6.54 Å². The Hall–Kier alpha value is -1.13. The van der Waals surface area contributed by atoms with Crippen LogP contribution in [0.1, 0.15) is 35.9 Å². The van der Waals surface area contributed by atoms with Crippen molar-refractivity contribution in [3.63, 3.8) is 0 Å². The first-order valence-electron chi connectivity index (χ1n) is 5.98. The van der Waals surface area contributed by atoms with Crippen molar-refractivity contribution in [2.75, 3.05) is 0 Å². The van der Waals surface area contributed by atoms with Gasteiger partial charge in [-0.15, -0.1) is 0 Å². The third-order valence-electron chi connectivity index (χ3n) is 3.00. The third kappa shape index (κ3) is 3.00. The number of nitrogens with one attached hydrogen (secondary N) is 1. The van der Waals surface area contributed by atoms with E-state index in [-0.39, 0.29) is 6.04 Å². The van der Waals surface area contributed by atoms with Crippen molar-refractivity contribution >= 4 is 15.9 Å². The fourth-order valence-electron chi connectivity index (χ4n) is 1.79. The van der Waals surface area contributed by atoms with Crippen LogP contribution in [0, 0.1) is 13.8 Å². The molecule has 1 atom stereocenters. The van der Waals surface area contributed by atoms with E-state index in [4.69, 9.17) is 4.42 Å². The van der Waals surface area contributed by atoms with E-state index in [1.807, 2.05) is 32.0 Å². The van der Waals surface area contributed by atoms with Crippen molar-refractivity contribution in [3.8, 4) is 0 Å². The van der Waals surface area contributed by atoms with Gasteiger partial charge in [-0.25, -0.2) is 4.98 Å². The Morgan fingerprint density at radius 3 is 2.67 bits per heavy atom. The molecule has 18 heavy (non-hydrogen) atoms. The van der Waals surface area contributed by atoms with Gasteiger partial charge in [-0.1, -0.05) is 34.1 Å². The van der Waals surface area contributed by atoms with E-state index >= 15 is 0 Å². The van der Waals surface area contributed by atoms with Gasteiger partial charge in [0.05, 0.1) is 12.2 Å². The molecule has 4 heteroatoms. The van der Waals surface area contributed by atoms with E-state index in [0.717, 1.165) is 21.8 Å². The van der Waals surface area contributed by atoms with E-state index in [1.165, 1.54) is 5.56 Å². The molecule has 1 heterocycles. The second-order valence-electron chi connectivity index (χ2n) is 4.37. The molecule has 1 aromatic heterocycles. The topological polar surface area (TPSA) is 38.1 Å². The predicted molar refractivity (Wildman–Crippen MR) is 75.4 cm³/mol. The maximum atomic E-state index is 5.55. The summed E-state index contributed by atoms with van der Waals surface area (Å²) < 4.78 is 6.66. The van der Waals surface area contributed by atoms with Crippen LogP contribution in [0.15, 0.2) is 33.2 Å². The van der Waals surface area contributed by atoms with Crippen molar-refractivity contribution in [3.05, 3.63) is 51.6 Å². The average Bonchev–Trinajstić information content (AvgIpc) is 2.66. The number of aryl methyl sites for hydroxylation is 2. The van der Waals surface area contributed by atoms with Crippen LogP contribution >= 0.6 is 15.9 Å². The molecule has 0 bridgehead atoms. The zero-order valence-electron chi connectivity index (χ0n) is 10.8. The highest BCUT2D eigenvalue weighted by molar-refractivity contribution is 9.10. The molecule has 0 amide bonds.